The van der Waals surface area contributed by atoms with Gasteiger partial charge in [0, 0.05) is 50.2 Å². The molecule has 0 aromatic carbocycles. The predicted molar refractivity (Wildman–Crippen MR) is 76.9 cm³/mol. The van der Waals surface area contributed by atoms with E-state index in [4.69, 9.17) is 5.73 Å². The third-order valence-corrected chi connectivity index (χ3v) is 5.40. The number of imidazole rings is 1. The second-order valence-electron chi connectivity index (χ2n) is 5.22. The van der Waals surface area contributed by atoms with Crippen molar-refractivity contribution >= 4 is 10.0 Å². The van der Waals surface area contributed by atoms with Crippen LogP contribution < -0.4 is 5.73 Å². The van der Waals surface area contributed by atoms with Crippen molar-refractivity contribution in [3.05, 3.63) is 42.6 Å². The van der Waals surface area contributed by atoms with Gasteiger partial charge in [-0.05, 0) is 12.1 Å². The van der Waals surface area contributed by atoms with Crippen LogP contribution in [0, 0.1) is 0 Å². The van der Waals surface area contributed by atoms with Gasteiger partial charge in [0.25, 0.3) is 10.0 Å². The number of aromatic nitrogens is 3. The first kappa shape index (κ1) is 14.2. The van der Waals surface area contributed by atoms with Gasteiger partial charge in [-0.1, -0.05) is 6.07 Å². The molecule has 1 aliphatic rings. The van der Waals surface area contributed by atoms with E-state index in [-0.39, 0.29) is 23.5 Å². The maximum absolute atomic E-state index is 12.5. The SMILES string of the molecule is Cn1cnc(S(=O)(=O)N2C[C@@H](N)[C@H](c3ccccn3)C2)c1. The Hall–Kier alpha value is -1.77. The molecule has 3 heterocycles. The van der Waals surface area contributed by atoms with Crippen molar-refractivity contribution in [3.63, 3.8) is 0 Å². The Bertz CT molecular complexity index is 728. The molecule has 7 nitrogen and oxygen atoms in total. The van der Waals surface area contributed by atoms with Crippen LogP contribution in [-0.4, -0.2) is 46.4 Å². The highest BCUT2D eigenvalue weighted by Crippen LogP contribution is 2.28. The lowest BCUT2D eigenvalue weighted by Crippen LogP contribution is -2.32. The van der Waals surface area contributed by atoms with E-state index >= 15 is 0 Å². The van der Waals surface area contributed by atoms with E-state index in [1.807, 2.05) is 18.2 Å². The molecular formula is C13H17N5O2S. The van der Waals surface area contributed by atoms with Gasteiger partial charge in [-0.15, -0.1) is 0 Å². The molecule has 2 aromatic heterocycles. The molecule has 1 saturated heterocycles. The highest BCUT2D eigenvalue weighted by atomic mass is 32.2. The summed E-state index contributed by atoms with van der Waals surface area (Å²) in [6.45, 7) is 0.608. The first-order valence-corrected chi connectivity index (χ1v) is 8.07. The van der Waals surface area contributed by atoms with Gasteiger partial charge in [0.1, 0.15) is 0 Å². The summed E-state index contributed by atoms with van der Waals surface area (Å²) in [5.41, 5.74) is 6.93. The largest absolute Gasteiger partial charge is 0.339 e. The van der Waals surface area contributed by atoms with Crippen molar-refractivity contribution in [1.29, 1.82) is 0 Å². The zero-order valence-corrected chi connectivity index (χ0v) is 12.4. The minimum atomic E-state index is -3.60. The van der Waals surface area contributed by atoms with Gasteiger partial charge in [0.05, 0.1) is 6.33 Å². The van der Waals surface area contributed by atoms with E-state index in [0.29, 0.717) is 6.54 Å². The molecule has 0 radical (unpaired) electrons. The summed E-state index contributed by atoms with van der Waals surface area (Å²) < 4.78 is 28.1. The number of pyridine rings is 1. The lowest BCUT2D eigenvalue weighted by molar-refractivity contribution is 0.467. The minimum absolute atomic E-state index is 0.0545. The molecule has 0 unspecified atom stereocenters. The Labute approximate surface area is 123 Å². The molecule has 0 amide bonds. The Kier molecular flexibility index (Phi) is 3.52. The summed E-state index contributed by atoms with van der Waals surface area (Å²) in [6, 6.07) is 5.32. The van der Waals surface area contributed by atoms with Crippen LogP contribution in [0.3, 0.4) is 0 Å². The predicted octanol–water partition coefficient (Wildman–Crippen LogP) is -0.0695. The lowest BCUT2D eigenvalue weighted by atomic mass is 10.0. The molecule has 0 bridgehead atoms. The molecule has 0 aliphatic carbocycles. The number of sulfonamides is 1. The van der Waals surface area contributed by atoms with E-state index in [9.17, 15) is 8.42 Å². The maximum atomic E-state index is 12.5. The van der Waals surface area contributed by atoms with Crippen LogP contribution in [0.1, 0.15) is 11.6 Å². The van der Waals surface area contributed by atoms with E-state index in [0.717, 1.165) is 5.69 Å². The van der Waals surface area contributed by atoms with E-state index < -0.39 is 10.0 Å². The Morgan fingerprint density at radius 2 is 2.10 bits per heavy atom. The normalized spacial score (nSPS) is 23.5. The molecule has 112 valence electrons. The average molecular weight is 307 g/mol. The molecule has 1 aliphatic heterocycles. The smallest absolute Gasteiger partial charge is 0.262 e. The van der Waals surface area contributed by atoms with Gasteiger partial charge in [0.15, 0.2) is 5.03 Å². The standard InChI is InChI=1S/C13H17N5O2S/c1-17-8-13(16-9-17)21(19,20)18-6-10(11(14)7-18)12-4-2-3-5-15-12/h2-5,8-11H,6-7,14H2,1H3/t10-,11-/m1/s1. The van der Waals surface area contributed by atoms with Gasteiger partial charge >= 0.3 is 0 Å². The van der Waals surface area contributed by atoms with Crippen LogP contribution in [0.4, 0.5) is 0 Å². The molecule has 0 saturated carbocycles. The van der Waals surface area contributed by atoms with Crippen molar-refractivity contribution in [1.82, 2.24) is 18.8 Å². The molecule has 2 aromatic rings. The number of hydrogen-bond acceptors (Lipinski definition) is 5. The Morgan fingerprint density at radius 1 is 1.29 bits per heavy atom. The summed E-state index contributed by atoms with van der Waals surface area (Å²) in [6.07, 6.45) is 4.66. The average Bonchev–Trinajstić information content (AvgIpc) is 3.07. The second kappa shape index (κ2) is 5.21. The van der Waals surface area contributed by atoms with Crippen molar-refractivity contribution < 1.29 is 8.42 Å². The molecule has 21 heavy (non-hydrogen) atoms. The van der Waals surface area contributed by atoms with Crippen LogP contribution in [0.5, 0.6) is 0 Å². The number of nitrogens with zero attached hydrogens (tertiary/aromatic N) is 4. The highest BCUT2D eigenvalue weighted by molar-refractivity contribution is 7.89. The number of hydrogen-bond donors (Lipinski definition) is 1. The van der Waals surface area contributed by atoms with Crippen molar-refractivity contribution in [2.45, 2.75) is 17.0 Å². The molecule has 2 N–H and O–H groups in total. The van der Waals surface area contributed by atoms with Crippen LogP contribution >= 0.6 is 0 Å². The quantitative estimate of drug-likeness (QED) is 0.856. The minimum Gasteiger partial charge on any atom is -0.339 e. The monoisotopic (exact) mass is 307 g/mol. The van der Waals surface area contributed by atoms with E-state index in [1.165, 1.54) is 16.8 Å². The Balaban J connectivity index is 1.86. The van der Waals surface area contributed by atoms with Crippen molar-refractivity contribution in [3.8, 4) is 0 Å². The van der Waals surface area contributed by atoms with Crippen molar-refractivity contribution in [2.75, 3.05) is 13.1 Å². The molecule has 3 rings (SSSR count). The lowest BCUT2D eigenvalue weighted by Gasteiger charge is -2.14. The van der Waals surface area contributed by atoms with Gasteiger partial charge in [0.2, 0.25) is 0 Å². The summed E-state index contributed by atoms with van der Waals surface area (Å²) in [7, 11) is -1.86. The molecular weight excluding hydrogens is 290 g/mol. The summed E-state index contributed by atoms with van der Waals surface area (Å²) in [5, 5.41) is 0.0545. The number of nitrogens with two attached hydrogens (primary N) is 1. The number of aryl methyl sites for hydroxylation is 1. The fourth-order valence-electron chi connectivity index (χ4n) is 2.55. The van der Waals surface area contributed by atoms with Crippen LogP contribution in [0.2, 0.25) is 0 Å². The van der Waals surface area contributed by atoms with Crippen LogP contribution in [0.15, 0.2) is 41.9 Å². The van der Waals surface area contributed by atoms with E-state index in [1.54, 1.807) is 17.8 Å². The second-order valence-corrected chi connectivity index (χ2v) is 7.11. The van der Waals surface area contributed by atoms with Crippen LogP contribution in [0.25, 0.3) is 0 Å². The zero-order chi connectivity index (χ0) is 15.0. The van der Waals surface area contributed by atoms with Crippen LogP contribution in [-0.2, 0) is 17.1 Å². The third kappa shape index (κ3) is 2.57. The fourth-order valence-corrected chi connectivity index (χ4v) is 4.02. The summed E-state index contributed by atoms with van der Waals surface area (Å²) in [4.78, 5) is 8.22. The fraction of sp³-hybridized carbons (Fsp3) is 0.385. The summed E-state index contributed by atoms with van der Waals surface area (Å²) in [5.74, 6) is -0.0929. The topological polar surface area (TPSA) is 94.1 Å². The highest BCUT2D eigenvalue weighted by Gasteiger charge is 2.39. The zero-order valence-electron chi connectivity index (χ0n) is 11.6. The van der Waals surface area contributed by atoms with Gasteiger partial charge in [-0.3, -0.25) is 4.98 Å². The van der Waals surface area contributed by atoms with Gasteiger partial charge in [-0.25, -0.2) is 13.4 Å². The van der Waals surface area contributed by atoms with Gasteiger partial charge < -0.3 is 10.3 Å². The maximum Gasteiger partial charge on any atom is 0.262 e. The first-order chi connectivity index (χ1) is 9.98. The van der Waals surface area contributed by atoms with Gasteiger partial charge in [-0.2, -0.15) is 4.31 Å². The molecule has 1 fully saturated rings. The summed E-state index contributed by atoms with van der Waals surface area (Å²) >= 11 is 0. The van der Waals surface area contributed by atoms with Crippen molar-refractivity contribution in [2.24, 2.45) is 12.8 Å². The van der Waals surface area contributed by atoms with E-state index in [2.05, 4.69) is 9.97 Å². The Morgan fingerprint density at radius 3 is 2.71 bits per heavy atom. The first-order valence-electron chi connectivity index (χ1n) is 6.63. The molecule has 8 heteroatoms. The molecule has 2 atom stereocenters. The third-order valence-electron chi connectivity index (χ3n) is 3.68. The number of rotatable bonds is 3. The molecule has 0 spiro atoms.